The molecule has 1 atom stereocenters. The molecule has 1 saturated heterocycles. The number of carbonyl (C=O) groups is 1. The molecule has 1 heterocycles. The molecule has 1 unspecified atom stereocenters. The summed E-state index contributed by atoms with van der Waals surface area (Å²) in [5, 5.41) is 4.18. The number of nitrogens with two attached hydrogens (primary N) is 1. The Morgan fingerprint density at radius 2 is 2.05 bits per heavy atom. The van der Waals surface area contributed by atoms with E-state index in [0.717, 1.165) is 0 Å². The molecular formula is C12H15FN2O3S. The lowest BCUT2D eigenvalue weighted by atomic mass is 10.1. The second kappa shape index (κ2) is 5.26. The lowest BCUT2D eigenvalue weighted by Gasteiger charge is -2.16. The molecule has 0 aliphatic carbocycles. The van der Waals surface area contributed by atoms with Crippen molar-refractivity contribution >= 4 is 15.9 Å². The number of carbonyl (C=O) groups excluding carboxylic acids is 1. The molecule has 0 aromatic heterocycles. The van der Waals surface area contributed by atoms with Crippen molar-refractivity contribution in [3.8, 4) is 0 Å². The molecule has 1 fully saturated rings. The smallest absolute Gasteiger partial charge is 0.224 e. The Morgan fingerprint density at radius 3 is 2.63 bits per heavy atom. The van der Waals surface area contributed by atoms with Gasteiger partial charge in [0.15, 0.2) is 0 Å². The molecule has 104 valence electrons. The quantitative estimate of drug-likeness (QED) is 0.862. The van der Waals surface area contributed by atoms with Gasteiger partial charge in [-0.25, -0.2) is 17.9 Å². The second-order valence-corrected chi connectivity index (χ2v) is 6.44. The largest absolute Gasteiger partial charge is 0.341 e. The third-order valence-corrected chi connectivity index (χ3v) is 4.50. The molecule has 2 N–H and O–H groups in total. The molecule has 19 heavy (non-hydrogen) atoms. The molecule has 1 aliphatic rings. The van der Waals surface area contributed by atoms with E-state index in [1.54, 1.807) is 18.2 Å². The summed E-state index contributed by atoms with van der Waals surface area (Å²) in [7, 11) is -3.70. The summed E-state index contributed by atoms with van der Waals surface area (Å²) in [4.78, 5) is 13.1. The van der Waals surface area contributed by atoms with E-state index in [4.69, 9.17) is 5.14 Å². The van der Waals surface area contributed by atoms with Crippen LogP contribution in [0, 0.1) is 5.82 Å². The van der Waals surface area contributed by atoms with E-state index in [1.807, 2.05) is 0 Å². The van der Waals surface area contributed by atoms with Gasteiger partial charge in [0, 0.05) is 19.5 Å². The van der Waals surface area contributed by atoms with Gasteiger partial charge in [0.1, 0.15) is 11.1 Å². The Balaban J connectivity index is 1.98. The zero-order valence-electron chi connectivity index (χ0n) is 10.3. The zero-order chi connectivity index (χ0) is 14.0. The van der Waals surface area contributed by atoms with Crippen LogP contribution in [-0.4, -0.2) is 37.6 Å². The van der Waals surface area contributed by atoms with Crippen LogP contribution >= 0.6 is 0 Å². The maximum absolute atomic E-state index is 13.4. The predicted octanol–water partition coefficient (Wildman–Crippen LogP) is 0.258. The lowest BCUT2D eigenvalue weighted by Crippen LogP contribution is -2.33. The van der Waals surface area contributed by atoms with Crippen LogP contribution in [0.4, 0.5) is 4.39 Å². The van der Waals surface area contributed by atoms with Gasteiger partial charge in [0.2, 0.25) is 15.9 Å². The highest BCUT2D eigenvalue weighted by atomic mass is 32.2. The number of sulfonamides is 1. The molecule has 0 radical (unpaired) electrons. The Hall–Kier alpha value is -1.47. The van der Waals surface area contributed by atoms with Gasteiger partial charge in [-0.15, -0.1) is 0 Å². The topological polar surface area (TPSA) is 80.5 Å². The fourth-order valence-electron chi connectivity index (χ4n) is 2.13. The minimum atomic E-state index is -3.70. The van der Waals surface area contributed by atoms with Gasteiger partial charge in [-0.2, -0.15) is 0 Å². The fourth-order valence-corrected chi connectivity index (χ4v) is 2.89. The van der Waals surface area contributed by atoms with E-state index in [-0.39, 0.29) is 24.7 Å². The van der Waals surface area contributed by atoms with Crippen LogP contribution in [0.5, 0.6) is 0 Å². The predicted molar refractivity (Wildman–Crippen MR) is 68.2 cm³/mol. The highest BCUT2D eigenvalue weighted by molar-refractivity contribution is 7.89. The summed E-state index contributed by atoms with van der Waals surface area (Å²) < 4.78 is 35.8. The van der Waals surface area contributed by atoms with Gasteiger partial charge in [0.25, 0.3) is 0 Å². The maximum atomic E-state index is 13.4. The molecule has 7 heteroatoms. The van der Waals surface area contributed by atoms with Crippen LogP contribution in [0.1, 0.15) is 12.0 Å². The molecule has 1 aromatic carbocycles. The fraction of sp³-hybridized carbons (Fsp3) is 0.417. The third kappa shape index (κ3) is 3.30. The van der Waals surface area contributed by atoms with Crippen LogP contribution in [0.3, 0.4) is 0 Å². The molecule has 0 spiro atoms. The maximum Gasteiger partial charge on any atom is 0.224 e. The van der Waals surface area contributed by atoms with E-state index in [1.165, 1.54) is 11.0 Å². The van der Waals surface area contributed by atoms with Gasteiger partial charge in [-0.05, 0) is 18.1 Å². The average molecular weight is 286 g/mol. The van der Waals surface area contributed by atoms with Gasteiger partial charge in [-0.1, -0.05) is 18.2 Å². The Morgan fingerprint density at radius 1 is 1.37 bits per heavy atom. The van der Waals surface area contributed by atoms with Crippen LogP contribution in [-0.2, 0) is 21.2 Å². The minimum Gasteiger partial charge on any atom is -0.341 e. The molecule has 0 saturated carbocycles. The summed E-state index contributed by atoms with van der Waals surface area (Å²) >= 11 is 0. The van der Waals surface area contributed by atoms with Gasteiger partial charge in [0.05, 0.1) is 0 Å². The first-order valence-electron chi connectivity index (χ1n) is 5.90. The van der Waals surface area contributed by atoms with Crippen LogP contribution in [0.15, 0.2) is 24.3 Å². The molecule has 2 rings (SSSR count). The van der Waals surface area contributed by atoms with Crippen LogP contribution in [0.2, 0.25) is 0 Å². The number of primary sulfonamides is 1. The molecule has 1 aliphatic heterocycles. The number of nitrogens with zero attached hydrogens (tertiary/aromatic N) is 1. The molecule has 5 nitrogen and oxygen atoms in total. The summed E-state index contributed by atoms with van der Waals surface area (Å²) in [6, 6.07) is 6.32. The summed E-state index contributed by atoms with van der Waals surface area (Å²) in [6.07, 6.45) is 0.270. The van der Waals surface area contributed by atoms with E-state index < -0.39 is 15.3 Å². The highest BCUT2D eigenvalue weighted by Crippen LogP contribution is 2.17. The van der Waals surface area contributed by atoms with Gasteiger partial charge in [-0.3, -0.25) is 4.79 Å². The molecular weight excluding hydrogens is 271 g/mol. The van der Waals surface area contributed by atoms with Crippen molar-refractivity contribution in [3.63, 3.8) is 0 Å². The van der Waals surface area contributed by atoms with Crippen LogP contribution < -0.4 is 5.14 Å². The monoisotopic (exact) mass is 286 g/mol. The summed E-state index contributed by atoms with van der Waals surface area (Å²) in [6.45, 7) is 0.387. The van der Waals surface area contributed by atoms with Crippen molar-refractivity contribution in [2.45, 2.75) is 18.1 Å². The van der Waals surface area contributed by atoms with Crippen molar-refractivity contribution in [2.75, 3.05) is 13.1 Å². The number of rotatable bonds is 4. The normalized spacial score (nSPS) is 20.0. The molecule has 0 bridgehead atoms. The standard InChI is InChI=1S/C12H15FN2O3S/c13-11-4-2-1-3-9(11)5-6-15-8-10(7-12(15)16)19(14,17)18/h1-4,10H,5-8H2,(H2,14,17,18). The van der Waals surface area contributed by atoms with E-state index in [0.29, 0.717) is 18.5 Å². The SMILES string of the molecule is NS(=O)(=O)C1CC(=O)N(CCc2ccccc2F)C1. The average Bonchev–Trinajstić information content (AvgIpc) is 2.70. The highest BCUT2D eigenvalue weighted by Gasteiger charge is 2.36. The van der Waals surface area contributed by atoms with E-state index >= 15 is 0 Å². The van der Waals surface area contributed by atoms with Crippen molar-refractivity contribution in [1.29, 1.82) is 0 Å². The number of likely N-dealkylation sites (tertiary alicyclic amines) is 1. The summed E-state index contributed by atoms with van der Waals surface area (Å²) in [5.74, 6) is -0.576. The second-order valence-electron chi connectivity index (χ2n) is 4.60. The Kier molecular flexibility index (Phi) is 3.86. The first-order chi connectivity index (χ1) is 8.88. The number of hydrogen-bond donors (Lipinski definition) is 1. The lowest BCUT2D eigenvalue weighted by molar-refractivity contribution is -0.127. The third-order valence-electron chi connectivity index (χ3n) is 3.25. The summed E-state index contributed by atoms with van der Waals surface area (Å²) in [5.41, 5.74) is 0.509. The van der Waals surface area contributed by atoms with E-state index in [2.05, 4.69) is 0 Å². The first kappa shape index (κ1) is 14.0. The van der Waals surface area contributed by atoms with Gasteiger partial charge < -0.3 is 4.90 Å². The number of hydrogen-bond acceptors (Lipinski definition) is 3. The number of benzene rings is 1. The van der Waals surface area contributed by atoms with E-state index in [9.17, 15) is 17.6 Å². The Labute approximate surface area is 111 Å². The van der Waals surface area contributed by atoms with Crippen LogP contribution in [0.25, 0.3) is 0 Å². The van der Waals surface area contributed by atoms with Gasteiger partial charge >= 0.3 is 0 Å². The van der Waals surface area contributed by atoms with Crippen molar-refractivity contribution in [3.05, 3.63) is 35.6 Å². The zero-order valence-corrected chi connectivity index (χ0v) is 11.1. The molecule has 1 amide bonds. The van der Waals surface area contributed by atoms with Crippen molar-refractivity contribution in [2.24, 2.45) is 5.14 Å². The Bertz CT molecular complexity index is 588. The first-order valence-corrected chi connectivity index (χ1v) is 7.51. The van der Waals surface area contributed by atoms with Crippen molar-refractivity contribution < 1.29 is 17.6 Å². The number of halogens is 1. The van der Waals surface area contributed by atoms with Crippen molar-refractivity contribution in [1.82, 2.24) is 4.90 Å². The minimum absolute atomic E-state index is 0.0872. The number of amides is 1. The molecule has 1 aromatic rings.